The minimum Gasteiger partial charge on any atom is -0.480 e. The first-order valence-corrected chi connectivity index (χ1v) is 8.00. The van der Waals surface area contributed by atoms with E-state index in [-0.39, 0.29) is 30.9 Å². The molecule has 0 bridgehead atoms. The Bertz CT molecular complexity index is 675. The third-order valence-electron chi connectivity index (χ3n) is 4.50. The number of nitrogens with zero attached hydrogens (tertiary/aromatic N) is 1. The molecule has 3 atom stereocenters. The first kappa shape index (κ1) is 16.4. The lowest BCUT2D eigenvalue weighted by molar-refractivity contribution is -0.147. The number of carboxylic acids is 1. The highest BCUT2D eigenvalue weighted by atomic mass is 16.5. The highest BCUT2D eigenvalue weighted by Gasteiger charge is 2.39. The molecule has 1 saturated heterocycles. The van der Waals surface area contributed by atoms with E-state index >= 15 is 0 Å². The number of hydrogen-bond acceptors (Lipinski definition) is 4. The van der Waals surface area contributed by atoms with E-state index in [0.29, 0.717) is 23.8 Å². The van der Waals surface area contributed by atoms with E-state index in [9.17, 15) is 19.5 Å². The van der Waals surface area contributed by atoms with Gasteiger partial charge in [-0.1, -0.05) is 13.0 Å². The first-order chi connectivity index (χ1) is 11.5. The van der Waals surface area contributed by atoms with Gasteiger partial charge in [-0.05, 0) is 30.5 Å². The zero-order valence-corrected chi connectivity index (χ0v) is 13.4. The van der Waals surface area contributed by atoms with Crippen LogP contribution in [0.5, 0.6) is 0 Å². The van der Waals surface area contributed by atoms with Gasteiger partial charge in [0, 0.05) is 23.7 Å². The Morgan fingerprint density at radius 3 is 2.75 bits per heavy atom. The van der Waals surface area contributed by atoms with Gasteiger partial charge in [0.1, 0.15) is 0 Å². The molecule has 7 heteroatoms. The normalized spacial score (nSPS) is 25.9. The maximum absolute atomic E-state index is 12.6. The van der Waals surface area contributed by atoms with Crippen molar-refractivity contribution in [3.8, 4) is 0 Å². The topological polar surface area (TPSA) is 95.9 Å². The van der Waals surface area contributed by atoms with Crippen LogP contribution in [0.1, 0.15) is 23.7 Å². The minimum atomic E-state index is -1.09. The van der Waals surface area contributed by atoms with Crippen molar-refractivity contribution in [3.05, 3.63) is 29.8 Å². The molecule has 2 fully saturated rings. The number of aliphatic carboxylic acids is 1. The smallest absolute Gasteiger partial charge is 0.328 e. The number of anilines is 1. The fraction of sp³-hybridized carbons (Fsp3) is 0.471. The lowest BCUT2D eigenvalue weighted by atomic mass is 10.1. The van der Waals surface area contributed by atoms with Crippen LogP contribution in [-0.4, -0.2) is 53.6 Å². The molecule has 1 aromatic carbocycles. The molecule has 24 heavy (non-hydrogen) atoms. The van der Waals surface area contributed by atoms with Crippen LogP contribution >= 0.6 is 0 Å². The van der Waals surface area contributed by atoms with Gasteiger partial charge in [-0.2, -0.15) is 0 Å². The first-order valence-electron chi connectivity index (χ1n) is 8.00. The number of carbonyl (C=O) groups is 3. The van der Waals surface area contributed by atoms with Crippen molar-refractivity contribution in [1.29, 1.82) is 0 Å². The quantitative estimate of drug-likeness (QED) is 0.864. The van der Waals surface area contributed by atoms with Crippen LogP contribution in [-0.2, 0) is 14.3 Å². The van der Waals surface area contributed by atoms with Gasteiger partial charge in [-0.15, -0.1) is 0 Å². The predicted molar refractivity (Wildman–Crippen MR) is 85.6 cm³/mol. The molecule has 1 aliphatic heterocycles. The van der Waals surface area contributed by atoms with Crippen molar-refractivity contribution < 1.29 is 24.2 Å². The van der Waals surface area contributed by atoms with Crippen LogP contribution in [0.4, 0.5) is 5.69 Å². The van der Waals surface area contributed by atoms with E-state index in [4.69, 9.17) is 4.74 Å². The Balaban J connectivity index is 1.73. The molecule has 2 amide bonds. The maximum atomic E-state index is 12.6. The van der Waals surface area contributed by atoms with E-state index in [1.165, 1.54) is 4.90 Å². The molecule has 0 radical (unpaired) electrons. The Morgan fingerprint density at radius 1 is 1.33 bits per heavy atom. The number of carboxylic acid groups (broad SMARTS) is 1. The lowest BCUT2D eigenvalue weighted by Crippen LogP contribution is -2.52. The average Bonchev–Trinajstić information content (AvgIpc) is 3.31. The molecule has 3 unspecified atom stereocenters. The van der Waals surface area contributed by atoms with Gasteiger partial charge in [0.15, 0.2) is 6.04 Å². The summed E-state index contributed by atoms with van der Waals surface area (Å²) in [4.78, 5) is 37.2. The molecule has 1 aliphatic carbocycles. The minimum absolute atomic E-state index is 0.0168. The molecule has 1 aromatic rings. The molecule has 128 valence electrons. The average molecular weight is 332 g/mol. The summed E-state index contributed by atoms with van der Waals surface area (Å²) in [6, 6.07) is 5.61. The van der Waals surface area contributed by atoms with Crippen LogP contribution in [0.25, 0.3) is 0 Å². The number of amides is 2. The van der Waals surface area contributed by atoms with Crippen molar-refractivity contribution in [2.24, 2.45) is 11.8 Å². The van der Waals surface area contributed by atoms with Crippen LogP contribution in [0.15, 0.2) is 24.3 Å². The second-order valence-electron chi connectivity index (χ2n) is 6.32. The number of benzene rings is 1. The van der Waals surface area contributed by atoms with Crippen molar-refractivity contribution in [2.75, 3.05) is 25.1 Å². The number of morpholine rings is 1. The highest BCUT2D eigenvalue weighted by Crippen LogP contribution is 2.38. The zero-order chi connectivity index (χ0) is 17.3. The summed E-state index contributed by atoms with van der Waals surface area (Å²) in [5.74, 6) is -1.06. The molecule has 2 N–H and O–H groups in total. The summed E-state index contributed by atoms with van der Waals surface area (Å²) >= 11 is 0. The molecule has 1 saturated carbocycles. The van der Waals surface area contributed by atoms with Gasteiger partial charge in [-0.3, -0.25) is 9.59 Å². The van der Waals surface area contributed by atoms with Crippen LogP contribution in [0, 0.1) is 11.8 Å². The fourth-order valence-corrected chi connectivity index (χ4v) is 2.87. The molecular formula is C17H20N2O5. The van der Waals surface area contributed by atoms with Crippen LogP contribution in [0.2, 0.25) is 0 Å². The number of rotatable bonds is 4. The van der Waals surface area contributed by atoms with Crippen molar-refractivity contribution in [2.45, 2.75) is 19.4 Å². The number of hydrogen-bond donors (Lipinski definition) is 2. The number of nitrogens with one attached hydrogen (secondary N) is 1. The largest absolute Gasteiger partial charge is 0.480 e. The van der Waals surface area contributed by atoms with E-state index < -0.39 is 12.0 Å². The third kappa shape index (κ3) is 3.41. The zero-order valence-electron chi connectivity index (χ0n) is 13.4. The van der Waals surface area contributed by atoms with Crippen LogP contribution < -0.4 is 5.32 Å². The number of carbonyl (C=O) groups excluding carboxylic acids is 2. The van der Waals surface area contributed by atoms with Gasteiger partial charge >= 0.3 is 5.97 Å². The third-order valence-corrected chi connectivity index (χ3v) is 4.50. The van der Waals surface area contributed by atoms with Gasteiger partial charge < -0.3 is 20.1 Å². The summed E-state index contributed by atoms with van der Waals surface area (Å²) in [5, 5.41) is 12.1. The molecule has 1 heterocycles. The van der Waals surface area contributed by atoms with Crippen molar-refractivity contribution in [1.82, 2.24) is 4.90 Å². The summed E-state index contributed by atoms with van der Waals surface area (Å²) in [7, 11) is 0. The summed E-state index contributed by atoms with van der Waals surface area (Å²) in [5.41, 5.74) is 0.898. The fourth-order valence-electron chi connectivity index (χ4n) is 2.87. The van der Waals surface area contributed by atoms with E-state index in [1.54, 1.807) is 24.3 Å². The molecule has 2 aliphatic rings. The van der Waals surface area contributed by atoms with E-state index in [1.807, 2.05) is 6.92 Å². The summed E-state index contributed by atoms with van der Waals surface area (Å²) in [6.07, 6.45) is 0.887. The van der Waals surface area contributed by atoms with Crippen molar-refractivity contribution >= 4 is 23.5 Å². The summed E-state index contributed by atoms with van der Waals surface area (Å²) in [6.45, 7) is 2.54. The number of ether oxygens (including phenoxy) is 1. The lowest BCUT2D eigenvalue weighted by Gasteiger charge is -2.32. The van der Waals surface area contributed by atoms with Crippen molar-refractivity contribution in [3.63, 3.8) is 0 Å². The molecule has 0 spiro atoms. The standard InChI is InChI=1S/C17H20N2O5/c1-10-7-13(10)15(20)18-12-4-2-3-11(8-12)16(21)19-5-6-24-9-14(19)17(22)23/h2-4,8,10,13-14H,5-7,9H2,1H3,(H,18,20)(H,22,23). The molecule has 3 rings (SSSR count). The Kier molecular flexibility index (Phi) is 4.53. The van der Waals surface area contributed by atoms with Crippen LogP contribution in [0.3, 0.4) is 0 Å². The Labute approximate surface area is 139 Å². The molecule has 7 nitrogen and oxygen atoms in total. The van der Waals surface area contributed by atoms with Gasteiger partial charge in [0.25, 0.3) is 5.91 Å². The van der Waals surface area contributed by atoms with Gasteiger partial charge in [0.2, 0.25) is 5.91 Å². The van der Waals surface area contributed by atoms with E-state index in [0.717, 1.165) is 6.42 Å². The Morgan fingerprint density at radius 2 is 2.08 bits per heavy atom. The second-order valence-corrected chi connectivity index (χ2v) is 6.32. The van der Waals surface area contributed by atoms with E-state index in [2.05, 4.69) is 5.32 Å². The maximum Gasteiger partial charge on any atom is 0.328 e. The Hall–Kier alpha value is -2.41. The van der Waals surface area contributed by atoms with Gasteiger partial charge in [-0.25, -0.2) is 4.79 Å². The summed E-state index contributed by atoms with van der Waals surface area (Å²) < 4.78 is 5.15. The SMILES string of the molecule is CC1CC1C(=O)Nc1cccc(C(=O)N2CCOCC2C(=O)O)c1. The molecular weight excluding hydrogens is 312 g/mol. The second kappa shape index (κ2) is 6.60. The predicted octanol–water partition coefficient (Wildman–Crippen LogP) is 1.21. The van der Waals surface area contributed by atoms with Gasteiger partial charge in [0.05, 0.1) is 13.2 Å². The molecule has 0 aromatic heterocycles. The highest BCUT2D eigenvalue weighted by molar-refractivity contribution is 5.99. The monoisotopic (exact) mass is 332 g/mol.